The number of furan rings is 1. The highest BCUT2D eigenvalue weighted by molar-refractivity contribution is 9.10. The summed E-state index contributed by atoms with van der Waals surface area (Å²) < 4.78 is 8.37. The van der Waals surface area contributed by atoms with Crippen LogP contribution in [0.15, 0.2) is 21.2 Å². The number of halogens is 1. The third-order valence-corrected chi connectivity index (χ3v) is 5.12. The van der Waals surface area contributed by atoms with Crippen LogP contribution in [0.2, 0.25) is 0 Å². The van der Waals surface area contributed by atoms with Gasteiger partial charge in [0.25, 0.3) is 0 Å². The van der Waals surface area contributed by atoms with Crippen LogP contribution in [0.3, 0.4) is 0 Å². The molecule has 4 nitrogen and oxygen atoms in total. The molecule has 1 unspecified atom stereocenters. The first-order valence-electron chi connectivity index (χ1n) is 7.04. The quantitative estimate of drug-likeness (QED) is 0.935. The Morgan fingerprint density at radius 3 is 3.05 bits per heavy atom. The highest BCUT2D eigenvalue weighted by Gasteiger charge is 2.38. The minimum Gasteiger partial charge on any atom is -0.469 e. The van der Waals surface area contributed by atoms with Crippen molar-refractivity contribution in [2.45, 2.75) is 44.6 Å². The van der Waals surface area contributed by atoms with Gasteiger partial charge >= 0.3 is 0 Å². The zero-order valence-electron chi connectivity index (χ0n) is 11.8. The fourth-order valence-electron chi connectivity index (χ4n) is 3.10. The third-order valence-electron chi connectivity index (χ3n) is 4.20. The monoisotopic (exact) mass is 338 g/mol. The Balaban J connectivity index is 1.98. The van der Waals surface area contributed by atoms with E-state index in [-0.39, 0.29) is 0 Å². The number of hydrogen-bond donors (Lipinski definition) is 1. The largest absolute Gasteiger partial charge is 0.469 e. The SMILES string of the molecule is CCc1nn(C)c(CC2(O)CCCc3occc32)c1Br. The molecule has 3 rings (SSSR count). The van der Waals surface area contributed by atoms with Crippen LogP contribution in [-0.2, 0) is 31.9 Å². The molecule has 0 saturated carbocycles. The molecule has 108 valence electrons. The van der Waals surface area contributed by atoms with E-state index < -0.39 is 5.60 Å². The number of rotatable bonds is 3. The molecule has 2 heterocycles. The van der Waals surface area contributed by atoms with Crippen molar-refractivity contribution in [2.24, 2.45) is 7.05 Å². The molecular weight excluding hydrogens is 320 g/mol. The molecule has 0 fully saturated rings. The van der Waals surface area contributed by atoms with Crippen LogP contribution in [0.4, 0.5) is 0 Å². The lowest BCUT2D eigenvalue weighted by Crippen LogP contribution is -2.33. The first-order valence-corrected chi connectivity index (χ1v) is 7.84. The minimum atomic E-state index is -0.845. The molecule has 5 heteroatoms. The standard InChI is InChI=1S/C15H19BrN2O2/c1-3-11-14(16)12(18(2)17-11)9-15(19)7-4-5-13-10(15)6-8-20-13/h6,8,19H,3-5,7,9H2,1-2H3. The lowest BCUT2D eigenvalue weighted by Gasteiger charge is -2.31. The minimum absolute atomic E-state index is 0.559. The molecule has 1 N–H and O–H groups in total. The molecule has 0 spiro atoms. The van der Waals surface area contributed by atoms with Gasteiger partial charge in [0, 0.05) is 25.5 Å². The van der Waals surface area contributed by atoms with Gasteiger partial charge < -0.3 is 9.52 Å². The Bertz CT molecular complexity index is 632. The average Bonchev–Trinajstić information content (AvgIpc) is 3.00. The molecule has 0 saturated heterocycles. The van der Waals surface area contributed by atoms with Crippen LogP contribution >= 0.6 is 15.9 Å². The van der Waals surface area contributed by atoms with Crippen molar-refractivity contribution in [1.82, 2.24) is 9.78 Å². The normalized spacial score (nSPS) is 22.0. The van der Waals surface area contributed by atoms with Gasteiger partial charge in [-0.25, -0.2) is 0 Å². The first kappa shape index (κ1) is 13.9. The molecule has 0 amide bonds. The van der Waals surface area contributed by atoms with Gasteiger partial charge in [-0.2, -0.15) is 5.10 Å². The van der Waals surface area contributed by atoms with Gasteiger partial charge in [-0.15, -0.1) is 0 Å². The van der Waals surface area contributed by atoms with Crippen molar-refractivity contribution in [3.63, 3.8) is 0 Å². The summed E-state index contributed by atoms with van der Waals surface area (Å²) in [5.41, 5.74) is 2.17. The molecule has 1 atom stereocenters. The Hall–Kier alpha value is -1.07. The Labute approximate surface area is 126 Å². The first-order chi connectivity index (χ1) is 9.55. The summed E-state index contributed by atoms with van der Waals surface area (Å²) in [6, 6.07) is 1.90. The molecule has 2 aromatic rings. The second-order valence-corrected chi connectivity index (χ2v) is 6.30. The number of hydrogen-bond acceptors (Lipinski definition) is 3. The Morgan fingerprint density at radius 2 is 2.35 bits per heavy atom. The van der Waals surface area contributed by atoms with Gasteiger partial charge in [-0.05, 0) is 41.3 Å². The Morgan fingerprint density at radius 1 is 1.55 bits per heavy atom. The number of nitrogens with zero attached hydrogens (tertiary/aromatic N) is 2. The summed E-state index contributed by atoms with van der Waals surface area (Å²) in [6.45, 7) is 2.08. The molecule has 20 heavy (non-hydrogen) atoms. The van der Waals surface area contributed by atoms with Gasteiger partial charge in [-0.3, -0.25) is 4.68 Å². The number of fused-ring (bicyclic) bond motifs is 1. The lowest BCUT2D eigenvalue weighted by molar-refractivity contribution is 0.0150. The van der Waals surface area contributed by atoms with Crippen LogP contribution < -0.4 is 0 Å². The van der Waals surface area contributed by atoms with Crippen molar-refractivity contribution in [3.8, 4) is 0 Å². The maximum absolute atomic E-state index is 11.1. The smallest absolute Gasteiger partial charge is 0.109 e. The van der Waals surface area contributed by atoms with E-state index in [2.05, 4.69) is 28.0 Å². The van der Waals surface area contributed by atoms with Gasteiger partial charge in [0.1, 0.15) is 5.76 Å². The molecule has 0 bridgehead atoms. The fraction of sp³-hybridized carbons (Fsp3) is 0.533. The van der Waals surface area contributed by atoms with Gasteiger partial charge in [0.05, 0.1) is 27.7 Å². The molecule has 0 radical (unpaired) electrons. The zero-order chi connectivity index (χ0) is 14.3. The fourth-order valence-corrected chi connectivity index (χ4v) is 3.85. The summed E-state index contributed by atoms with van der Waals surface area (Å²) in [7, 11) is 1.93. The molecule has 1 aliphatic carbocycles. The number of aliphatic hydroxyl groups is 1. The summed E-state index contributed by atoms with van der Waals surface area (Å²) >= 11 is 3.63. The highest BCUT2D eigenvalue weighted by Crippen LogP contribution is 2.39. The van der Waals surface area contributed by atoms with Crippen LogP contribution in [0.1, 0.15) is 42.5 Å². The summed E-state index contributed by atoms with van der Waals surface area (Å²) in [5.74, 6) is 0.924. The predicted molar refractivity (Wildman–Crippen MR) is 79.5 cm³/mol. The molecule has 0 aliphatic heterocycles. The molecule has 1 aliphatic rings. The molecule has 2 aromatic heterocycles. The van der Waals surface area contributed by atoms with Crippen molar-refractivity contribution >= 4 is 15.9 Å². The van der Waals surface area contributed by atoms with Crippen LogP contribution in [-0.4, -0.2) is 14.9 Å². The van der Waals surface area contributed by atoms with E-state index in [0.29, 0.717) is 6.42 Å². The second kappa shape index (κ2) is 5.04. The van der Waals surface area contributed by atoms with Crippen molar-refractivity contribution in [2.75, 3.05) is 0 Å². The maximum atomic E-state index is 11.1. The van der Waals surface area contributed by atoms with Crippen LogP contribution in [0, 0.1) is 0 Å². The van der Waals surface area contributed by atoms with E-state index >= 15 is 0 Å². The summed E-state index contributed by atoms with van der Waals surface area (Å²) in [4.78, 5) is 0. The summed E-state index contributed by atoms with van der Waals surface area (Å²) in [5, 5.41) is 15.6. The summed E-state index contributed by atoms with van der Waals surface area (Å²) in [6.07, 6.45) is 5.74. The van der Waals surface area contributed by atoms with E-state index in [0.717, 1.165) is 52.9 Å². The molecule has 0 aromatic carbocycles. The van der Waals surface area contributed by atoms with Crippen molar-refractivity contribution < 1.29 is 9.52 Å². The van der Waals surface area contributed by atoms with Crippen molar-refractivity contribution in [3.05, 3.63) is 39.5 Å². The van der Waals surface area contributed by atoms with Crippen LogP contribution in [0.25, 0.3) is 0 Å². The van der Waals surface area contributed by atoms with Gasteiger partial charge in [0.15, 0.2) is 0 Å². The van der Waals surface area contributed by atoms with Crippen LogP contribution in [0.5, 0.6) is 0 Å². The predicted octanol–water partition coefficient (Wildman–Crippen LogP) is 3.10. The van der Waals surface area contributed by atoms with E-state index in [1.807, 2.05) is 17.8 Å². The van der Waals surface area contributed by atoms with E-state index in [9.17, 15) is 5.11 Å². The zero-order valence-corrected chi connectivity index (χ0v) is 13.4. The van der Waals surface area contributed by atoms with Gasteiger partial charge in [0.2, 0.25) is 0 Å². The Kier molecular flexibility index (Phi) is 3.50. The van der Waals surface area contributed by atoms with E-state index in [1.165, 1.54) is 0 Å². The van der Waals surface area contributed by atoms with E-state index in [4.69, 9.17) is 4.42 Å². The van der Waals surface area contributed by atoms with Crippen molar-refractivity contribution in [1.29, 1.82) is 0 Å². The average molecular weight is 339 g/mol. The number of aryl methyl sites for hydroxylation is 3. The number of aromatic nitrogens is 2. The third kappa shape index (κ3) is 2.13. The molecular formula is C15H19BrN2O2. The highest BCUT2D eigenvalue weighted by atomic mass is 79.9. The lowest BCUT2D eigenvalue weighted by atomic mass is 9.80. The van der Waals surface area contributed by atoms with E-state index in [1.54, 1.807) is 6.26 Å². The van der Waals surface area contributed by atoms with Gasteiger partial charge in [-0.1, -0.05) is 6.92 Å². The second-order valence-electron chi connectivity index (χ2n) is 5.50. The topological polar surface area (TPSA) is 51.2 Å². The maximum Gasteiger partial charge on any atom is 0.109 e.